The summed E-state index contributed by atoms with van der Waals surface area (Å²) in [7, 11) is 0. The Labute approximate surface area is 183 Å². The van der Waals surface area contributed by atoms with E-state index in [-0.39, 0.29) is 17.1 Å². The smallest absolute Gasteiger partial charge is 0.269 e. The number of rotatable bonds is 5. The lowest BCUT2D eigenvalue weighted by Crippen LogP contribution is -2.45. The predicted octanol–water partition coefficient (Wildman–Crippen LogP) is 4.40. The van der Waals surface area contributed by atoms with Gasteiger partial charge in [0, 0.05) is 15.5 Å². The summed E-state index contributed by atoms with van der Waals surface area (Å²) in [6, 6.07) is 22.1. The van der Waals surface area contributed by atoms with Crippen molar-refractivity contribution in [1.82, 2.24) is 10.9 Å². The fourth-order valence-electron chi connectivity index (χ4n) is 3.05. The standard InChI is InChI=1S/C23H19ClN2O3S/c24-18-9-11-19(12-10-18)29-14-15-5-7-16(8-6-15)22(27)25-26-23(28)21-13-17-3-1-2-4-20(17)30-21/h1-12,21H,13-14H2,(H,25,27)(H,26,28)/t21-/m0/s1. The summed E-state index contributed by atoms with van der Waals surface area (Å²) < 4.78 is 5.69. The molecule has 2 N–H and O–H groups in total. The van der Waals surface area contributed by atoms with E-state index in [9.17, 15) is 9.59 Å². The van der Waals surface area contributed by atoms with E-state index in [1.807, 2.05) is 36.4 Å². The average molecular weight is 439 g/mol. The van der Waals surface area contributed by atoms with Crippen LogP contribution in [0.2, 0.25) is 5.02 Å². The number of hydrogen-bond donors (Lipinski definition) is 2. The van der Waals surface area contributed by atoms with Crippen LogP contribution in [0.1, 0.15) is 21.5 Å². The molecule has 1 aliphatic rings. The van der Waals surface area contributed by atoms with Gasteiger partial charge >= 0.3 is 0 Å². The van der Waals surface area contributed by atoms with Crippen molar-refractivity contribution in [3.63, 3.8) is 0 Å². The van der Waals surface area contributed by atoms with E-state index in [2.05, 4.69) is 10.9 Å². The Kier molecular flexibility index (Phi) is 6.26. The number of thioether (sulfide) groups is 1. The Balaban J connectivity index is 1.25. The SMILES string of the molecule is O=C(NNC(=O)[C@@H]1Cc2ccccc2S1)c1ccc(COc2ccc(Cl)cc2)cc1. The number of nitrogens with one attached hydrogen (secondary N) is 2. The normalized spacial score (nSPS) is 14.6. The Morgan fingerprint density at radius 1 is 0.967 bits per heavy atom. The molecule has 0 spiro atoms. The number of carbonyl (C=O) groups excluding carboxylic acids is 2. The van der Waals surface area contributed by atoms with Gasteiger partial charge in [-0.15, -0.1) is 11.8 Å². The first-order chi connectivity index (χ1) is 14.6. The second kappa shape index (κ2) is 9.24. The van der Waals surface area contributed by atoms with Crippen LogP contribution in [0, 0.1) is 0 Å². The van der Waals surface area contributed by atoms with E-state index < -0.39 is 0 Å². The van der Waals surface area contributed by atoms with Crippen LogP contribution in [-0.2, 0) is 17.8 Å². The van der Waals surface area contributed by atoms with E-state index in [1.165, 1.54) is 11.8 Å². The van der Waals surface area contributed by atoms with Gasteiger partial charge in [0.15, 0.2) is 0 Å². The summed E-state index contributed by atoms with van der Waals surface area (Å²) >= 11 is 7.37. The summed E-state index contributed by atoms with van der Waals surface area (Å²) in [5, 5.41) is 0.413. The minimum atomic E-state index is -0.367. The lowest BCUT2D eigenvalue weighted by Gasteiger charge is -2.11. The number of benzene rings is 3. The van der Waals surface area contributed by atoms with Gasteiger partial charge in [0.2, 0.25) is 0 Å². The number of carbonyl (C=O) groups is 2. The Morgan fingerprint density at radius 3 is 2.43 bits per heavy atom. The van der Waals surface area contributed by atoms with Gasteiger partial charge in [-0.2, -0.15) is 0 Å². The van der Waals surface area contributed by atoms with Crippen molar-refractivity contribution < 1.29 is 14.3 Å². The molecular weight excluding hydrogens is 420 g/mol. The molecule has 0 aliphatic carbocycles. The average Bonchev–Trinajstić information content (AvgIpc) is 3.22. The second-order valence-corrected chi connectivity index (χ2v) is 8.48. The maximum atomic E-state index is 12.4. The number of halogens is 1. The molecule has 1 aliphatic heterocycles. The lowest BCUT2D eigenvalue weighted by atomic mass is 10.1. The van der Waals surface area contributed by atoms with E-state index in [0.29, 0.717) is 23.6 Å². The first-order valence-corrected chi connectivity index (χ1v) is 10.7. The van der Waals surface area contributed by atoms with E-state index in [1.54, 1.807) is 36.4 Å². The van der Waals surface area contributed by atoms with Gasteiger partial charge in [-0.3, -0.25) is 20.4 Å². The highest BCUT2D eigenvalue weighted by atomic mass is 35.5. The summed E-state index contributed by atoms with van der Waals surface area (Å²) in [6.07, 6.45) is 0.658. The molecule has 0 bridgehead atoms. The third kappa shape index (κ3) is 4.96. The van der Waals surface area contributed by atoms with Crippen LogP contribution in [-0.4, -0.2) is 17.1 Å². The molecule has 0 unspecified atom stereocenters. The number of ether oxygens (including phenoxy) is 1. The molecule has 152 valence electrons. The fourth-order valence-corrected chi connectivity index (χ4v) is 4.37. The minimum Gasteiger partial charge on any atom is -0.489 e. The van der Waals surface area contributed by atoms with Crippen LogP contribution in [0.5, 0.6) is 5.75 Å². The van der Waals surface area contributed by atoms with Gasteiger partial charge in [-0.25, -0.2) is 0 Å². The lowest BCUT2D eigenvalue weighted by molar-refractivity contribution is -0.121. The van der Waals surface area contributed by atoms with E-state index in [4.69, 9.17) is 16.3 Å². The number of amides is 2. The third-order valence-electron chi connectivity index (χ3n) is 4.67. The molecule has 3 aromatic carbocycles. The largest absolute Gasteiger partial charge is 0.489 e. The molecular formula is C23H19ClN2O3S. The molecule has 3 aromatic rings. The molecule has 7 heteroatoms. The summed E-state index contributed by atoms with van der Waals surface area (Å²) in [5.41, 5.74) is 7.55. The minimum absolute atomic E-state index is 0.211. The van der Waals surface area contributed by atoms with Gasteiger partial charge in [-0.05, 0) is 60.0 Å². The molecule has 30 heavy (non-hydrogen) atoms. The highest BCUT2D eigenvalue weighted by molar-refractivity contribution is 8.01. The zero-order valence-corrected chi connectivity index (χ0v) is 17.5. The highest BCUT2D eigenvalue weighted by Crippen LogP contribution is 2.36. The second-order valence-electron chi connectivity index (χ2n) is 6.80. The predicted molar refractivity (Wildman–Crippen MR) is 118 cm³/mol. The van der Waals surface area contributed by atoms with Crippen molar-refractivity contribution in [2.24, 2.45) is 0 Å². The van der Waals surface area contributed by atoms with Gasteiger partial charge in [-0.1, -0.05) is 41.9 Å². The Morgan fingerprint density at radius 2 is 1.70 bits per heavy atom. The van der Waals surface area contributed by atoms with Crippen LogP contribution in [0.25, 0.3) is 0 Å². The topological polar surface area (TPSA) is 67.4 Å². The molecule has 5 nitrogen and oxygen atoms in total. The molecule has 4 rings (SSSR count). The van der Waals surface area contributed by atoms with Crippen molar-refractivity contribution in [3.8, 4) is 5.75 Å². The van der Waals surface area contributed by atoms with E-state index >= 15 is 0 Å². The number of fused-ring (bicyclic) bond motifs is 1. The van der Waals surface area contributed by atoms with Gasteiger partial charge in [0.05, 0.1) is 5.25 Å². The monoisotopic (exact) mass is 438 g/mol. The van der Waals surface area contributed by atoms with Crippen LogP contribution in [0.15, 0.2) is 77.7 Å². The highest BCUT2D eigenvalue weighted by Gasteiger charge is 2.28. The summed E-state index contributed by atoms with van der Waals surface area (Å²) in [5.74, 6) is 0.141. The zero-order chi connectivity index (χ0) is 20.9. The quantitative estimate of drug-likeness (QED) is 0.579. The molecule has 2 amide bonds. The maximum Gasteiger partial charge on any atom is 0.269 e. The van der Waals surface area contributed by atoms with Crippen LogP contribution in [0.4, 0.5) is 0 Å². The van der Waals surface area contributed by atoms with E-state index in [0.717, 1.165) is 21.8 Å². The van der Waals surface area contributed by atoms with Gasteiger partial charge < -0.3 is 4.74 Å². The molecule has 0 saturated heterocycles. The molecule has 1 heterocycles. The Hall–Kier alpha value is -2.96. The summed E-state index contributed by atoms with van der Waals surface area (Å²) in [6.45, 7) is 0.375. The number of hydrogen-bond acceptors (Lipinski definition) is 4. The van der Waals surface area contributed by atoms with Crippen molar-refractivity contribution in [2.75, 3.05) is 0 Å². The number of hydrazine groups is 1. The molecule has 0 radical (unpaired) electrons. The van der Waals surface area contributed by atoms with Crippen LogP contribution in [0.3, 0.4) is 0 Å². The van der Waals surface area contributed by atoms with Gasteiger partial charge in [0.1, 0.15) is 12.4 Å². The molecule has 0 fully saturated rings. The zero-order valence-electron chi connectivity index (χ0n) is 15.9. The van der Waals surface area contributed by atoms with Gasteiger partial charge in [0.25, 0.3) is 11.8 Å². The van der Waals surface area contributed by atoms with Crippen LogP contribution >= 0.6 is 23.4 Å². The van der Waals surface area contributed by atoms with Crippen molar-refractivity contribution in [3.05, 3.63) is 94.5 Å². The van der Waals surface area contributed by atoms with Crippen molar-refractivity contribution >= 4 is 35.2 Å². The Bertz CT molecular complexity index is 1030. The fraction of sp³-hybridized carbons (Fsp3) is 0.130. The van der Waals surface area contributed by atoms with Crippen LogP contribution < -0.4 is 15.6 Å². The first kappa shape index (κ1) is 20.3. The van der Waals surface area contributed by atoms with Crippen molar-refractivity contribution in [2.45, 2.75) is 23.2 Å². The maximum absolute atomic E-state index is 12.4. The molecule has 1 atom stereocenters. The molecule has 0 aromatic heterocycles. The first-order valence-electron chi connectivity index (χ1n) is 9.40. The summed E-state index contributed by atoms with van der Waals surface area (Å²) in [4.78, 5) is 25.8. The molecule has 0 saturated carbocycles. The third-order valence-corrected chi connectivity index (χ3v) is 6.24. The van der Waals surface area contributed by atoms with Crippen molar-refractivity contribution in [1.29, 1.82) is 0 Å².